The third-order valence-electron chi connectivity index (χ3n) is 7.93. The van der Waals surface area contributed by atoms with Gasteiger partial charge < -0.3 is 19.5 Å². The normalized spacial score (nSPS) is 25.9. The summed E-state index contributed by atoms with van der Waals surface area (Å²) in [6.07, 6.45) is 2.96. The highest BCUT2D eigenvalue weighted by Gasteiger charge is 2.42. The number of piperidine rings is 3. The number of nitrogens with zero attached hydrogens (tertiary/aromatic N) is 1. The summed E-state index contributed by atoms with van der Waals surface area (Å²) in [4.78, 5) is 15.5. The lowest BCUT2D eigenvalue weighted by Gasteiger charge is -2.44. The minimum absolute atomic E-state index is 0.000458. The van der Waals surface area contributed by atoms with Gasteiger partial charge in [0.2, 0.25) is 0 Å². The molecule has 0 radical (unpaired) electrons. The van der Waals surface area contributed by atoms with E-state index in [1.165, 1.54) is 5.56 Å². The summed E-state index contributed by atoms with van der Waals surface area (Å²) in [6, 6.07) is 12.4. The molecule has 3 heterocycles. The molecule has 3 fully saturated rings. The molecule has 36 heavy (non-hydrogen) atoms. The molecule has 1 amide bonds. The number of rotatable bonds is 7. The van der Waals surface area contributed by atoms with E-state index in [1.807, 2.05) is 32.9 Å². The topological polar surface area (TPSA) is 60.0 Å². The highest BCUT2D eigenvalue weighted by molar-refractivity contribution is 5.74. The number of ether oxygens (including phenoxy) is 3. The van der Waals surface area contributed by atoms with Crippen molar-refractivity contribution in [1.82, 2.24) is 10.2 Å². The van der Waals surface area contributed by atoms with Crippen LogP contribution < -0.4 is 14.8 Å². The van der Waals surface area contributed by atoms with Crippen molar-refractivity contribution < 1.29 is 19.0 Å². The fourth-order valence-electron chi connectivity index (χ4n) is 6.17. The van der Waals surface area contributed by atoms with E-state index in [2.05, 4.69) is 48.3 Å². The molecule has 194 valence electrons. The van der Waals surface area contributed by atoms with Gasteiger partial charge in [0, 0.05) is 12.1 Å². The third kappa shape index (κ3) is 5.06. The number of nitrogens with one attached hydrogen (secondary N) is 1. The molecule has 1 aliphatic carbocycles. The van der Waals surface area contributed by atoms with E-state index in [-0.39, 0.29) is 29.8 Å². The molecular weight excluding hydrogens is 452 g/mol. The maximum absolute atomic E-state index is 13.1. The fourth-order valence-corrected chi connectivity index (χ4v) is 6.17. The molecule has 6 nitrogen and oxygen atoms in total. The SMILES string of the molecule is CCOc1cc2c(cc1-c1ccc(OC(C)C)cc1)CC(C)(C)[C@H]2NC(=O)O[C@@H]1CN2CCC1CC2. The van der Waals surface area contributed by atoms with Crippen molar-refractivity contribution >= 4 is 6.09 Å². The van der Waals surface area contributed by atoms with Gasteiger partial charge in [0.25, 0.3) is 0 Å². The van der Waals surface area contributed by atoms with Crippen LogP contribution in [0, 0.1) is 11.3 Å². The molecule has 3 aliphatic heterocycles. The maximum atomic E-state index is 13.1. The summed E-state index contributed by atoms with van der Waals surface area (Å²) in [7, 11) is 0. The van der Waals surface area contributed by atoms with Gasteiger partial charge in [0.1, 0.15) is 17.6 Å². The first kappa shape index (κ1) is 24.9. The number of hydrogen-bond donors (Lipinski definition) is 1. The van der Waals surface area contributed by atoms with Crippen LogP contribution in [-0.2, 0) is 11.2 Å². The number of hydrogen-bond acceptors (Lipinski definition) is 5. The van der Waals surface area contributed by atoms with Crippen LogP contribution in [0.3, 0.4) is 0 Å². The Morgan fingerprint density at radius 1 is 1.14 bits per heavy atom. The Morgan fingerprint density at radius 3 is 2.47 bits per heavy atom. The first-order valence-electron chi connectivity index (χ1n) is 13.5. The lowest BCUT2D eigenvalue weighted by molar-refractivity contribution is -0.0349. The third-order valence-corrected chi connectivity index (χ3v) is 7.93. The molecule has 2 atom stereocenters. The Morgan fingerprint density at radius 2 is 1.86 bits per heavy atom. The van der Waals surface area contributed by atoms with Crippen LogP contribution in [0.25, 0.3) is 11.1 Å². The molecule has 4 aliphatic rings. The number of amides is 1. The fraction of sp³-hybridized carbons (Fsp3) is 0.567. The average molecular weight is 493 g/mol. The standard InChI is InChI=1S/C30H40N2O4/c1-6-34-26-16-25-22(15-24(26)20-7-9-23(10-8-20)35-19(2)3)17-30(4,5)28(25)31-29(33)36-27-18-32-13-11-21(27)12-14-32/h7-10,15-16,19,21,27-28H,6,11-14,17-18H2,1-5H3,(H,31,33)/t27-,28+/m1/s1. The van der Waals surface area contributed by atoms with E-state index >= 15 is 0 Å². The van der Waals surface area contributed by atoms with Crippen molar-refractivity contribution in [3.63, 3.8) is 0 Å². The largest absolute Gasteiger partial charge is 0.493 e. The summed E-state index contributed by atoms with van der Waals surface area (Å²) < 4.78 is 17.9. The maximum Gasteiger partial charge on any atom is 0.407 e. The molecular formula is C30H40N2O4. The molecule has 2 aromatic carbocycles. The number of benzene rings is 2. The summed E-state index contributed by atoms with van der Waals surface area (Å²) in [5, 5.41) is 3.23. The second-order valence-corrected chi connectivity index (χ2v) is 11.5. The zero-order valence-corrected chi connectivity index (χ0v) is 22.3. The summed E-state index contributed by atoms with van der Waals surface area (Å²) >= 11 is 0. The van der Waals surface area contributed by atoms with Gasteiger partial charge in [-0.2, -0.15) is 0 Å². The van der Waals surface area contributed by atoms with Gasteiger partial charge in [0.15, 0.2) is 0 Å². The minimum atomic E-state index is -0.303. The van der Waals surface area contributed by atoms with Crippen LogP contribution in [0.4, 0.5) is 4.79 Å². The monoisotopic (exact) mass is 492 g/mol. The van der Waals surface area contributed by atoms with E-state index in [0.29, 0.717) is 12.5 Å². The molecule has 0 unspecified atom stereocenters. The van der Waals surface area contributed by atoms with Gasteiger partial charge in [-0.15, -0.1) is 0 Å². The lowest BCUT2D eigenvalue weighted by Crippen LogP contribution is -2.53. The number of carbonyl (C=O) groups excluding carboxylic acids is 1. The summed E-state index contributed by atoms with van der Waals surface area (Å²) in [5.74, 6) is 2.19. The predicted octanol–water partition coefficient (Wildman–Crippen LogP) is 5.98. The van der Waals surface area contributed by atoms with Crippen molar-refractivity contribution in [1.29, 1.82) is 0 Å². The zero-order valence-electron chi connectivity index (χ0n) is 22.3. The smallest absolute Gasteiger partial charge is 0.407 e. The second-order valence-electron chi connectivity index (χ2n) is 11.5. The van der Waals surface area contributed by atoms with Crippen LogP contribution in [0.1, 0.15) is 64.6 Å². The molecule has 3 saturated heterocycles. The molecule has 0 aromatic heterocycles. The van der Waals surface area contributed by atoms with Crippen LogP contribution in [0.2, 0.25) is 0 Å². The quantitative estimate of drug-likeness (QED) is 0.515. The number of carbonyl (C=O) groups is 1. The second kappa shape index (κ2) is 9.97. The highest BCUT2D eigenvalue weighted by atomic mass is 16.6. The Balaban J connectivity index is 1.38. The van der Waals surface area contributed by atoms with Gasteiger partial charge in [-0.25, -0.2) is 4.79 Å². The molecule has 2 aromatic rings. The van der Waals surface area contributed by atoms with Crippen molar-refractivity contribution in [3.05, 3.63) is 47.5 Å². The van der Waals surface area contributed by atoms with Crippen molar-refractivity contribution in [3.8, 4) is 22.6 Å². The van der Waals surface area contributed by atoms with Gasteiger partial charge in [-0.3, -0.25) is 4.90 Å². The molecule has 1 N–H and O–H groups in total. The first-order valence-corrected chi connectivity index (χ1v) is 13.5. The van der Waals surface area contributed by atoms with Crippen LogP contribution in [0.15, 0.2) is 36.4 Å². The first-order chi connectivity index (χ1) is 17.2. The minimum Gasteiger partial charge on any atom is -0.493 e. The van der Waals surface area contributed by atoms with E-state index in [0.717, 1.165) is 67.1 Å². The van der Waals surface area contributed by atoms with Crippen molar-refractivity contribution in [2.75, 3.05) is 26.2 Å². The van der Waals surface area contributed by atoms with Gasteiger partial charge >= 0.3 is 6.09 Å². The van der Waals surface area contributed by atoms with E-state index in [4.69, 9.17) is 14.2 Å². The Kier molecular flexibility index (Phi) is 6.90. The van der Waals surface area contributed by atoms with Gasteiger partial charge in [-0.1, -0.05) is 26.0 Å². The molecule has 0 saturated carbocycles. The van der Waals surface area contributed by atoms with Gasteiger partial charge in [-0.05, 0) is 105 Å². The van der Waals surface area contributed by atoms with Crippen LogP contribution in [-0.4, -0.2) is 49.4 Å². The molecule has 6 rings (SSSR count). The van der Waals surface area contributed by atoms with Crippen LogP contribution in [0.5, 0.6) is 11.5 Å². The zero-order chi connectivity index (χ0) is 25.4. The molecule has 2 bridgehead atoms. The average Bonchev–Trinajstić information content (AvgIpc) is 3.08. The van der Waals surface area contributed by atoms with E-state index in [1.54, 1.807) is 0 Å². The van der Waals surface area contributed by atoms with E-state index < -0.39 is 0 Å². The molecule has 0 spiro atoms. The number of fused-ring (bicyclic) bond motifs is 4. The Hall–Kier alpha value is -2.73. The van der Waals surface area contributed by atoms with Gasteiger partial charge in [0.05, 0.1) is 18.8 Å². The van der Waals surface area contributed by atoms with Crippen molar-refractivity contribution in [2.24, 2.45) is 11.3 Å². The lowest BCUT2D eigenvalue weighted by atomic mass is 9.85. The summed E-state index contributed by atoms with van der Waals surface area (Å²) in [6.45, 7) is 14.2. The van der Waals surface area contributed by atoms with E-state index in [9.17, 15) is 4.79 Å². The van der Waals surface area contributed by atoms with Crippen molar-refractivity contribution in [2.45, 2.75) is 72.1 Å². The van der Waals surface area contributed by atoms with Crippen LogP contribution >= 0.6 is 0 Å². The Bertz CT molecular complexity index is 1090. The number of alkyl carbamates (subject to hydrolysis) is 1. The Labute approximate surface area is 215 Å². The molecule has 6 heteroatoms. The predicted molar refractivity (Wildman–Crippen MR) is 142 cm³/mol. The highest BCUT2D eigenvalue weighted by Crippen LogP contribution is 2.49. The summed E-state index contributed by atoms with van der Waals surface area (Å²) in [5.41, 5.74) is 4.39.